The molecule has 1 saturated carbocycles. The molecule has 4 rings (SSSR count). The third kappa shape index (κ3) is 2.35. The molecule has 0 aromatic heterocycles. The first-order valence-electron chi connectivity index (χ1n) is 7.71. The molecule has 2 aliphatic heterocycles. The molecular weight excluding hydrogens is 250 g/mol. The van der Waals surface area contributed by atoms with E-state index < -0.39 is 0 Å². The van der Waals surface area contributed by atoms with Crippen LogP contribution in [0.1, 0.15) is 38.2 Å². The van der Waals surface area contributed by atoms with E-state index in [0.29, 0.717) is 12.5 Å². The summed E-state index contributed by atoms with van der Waals surface area (Å²) >= 11 is 0. The molecule has 0 atom stereocenters. The highest BCUT2D eigenvalue weighted by Gasteiger charge is 2.61. The van der Waals surface area contributed by atoms with Gasteiger partial charge in [0.2, 0.25) is 0 Å². The van der Waals surface area contributed by atoms with Crippen molar-refractivity contribution in [3.63, 3.8) is 0 Å². The number of esters is 1. The topological polar surface area (TPSA) is 29.5 Å². The molecule has 0 spiro atoms. The summed E-state index contributed by atoms with van der Waals surface area (Å²) in [5.74, 6) is 0.702. The van der Waals surface area contributed by atoms with Gasteiger partial charge >= 0.3 is 5.97 Å². The number of ether oxygens (including phenoxy) is 1. The number of benzene rings is 1. The summed E-state index contributed by atoms with van der Waals surface area (Å²) in [5.41, 5.74) is 0.967. The van der Waals surface area contributed by atoms with Gasteiger partial charge in [-0.15, -0.1) is 0 Å². The lowest BCUT2D eigenvalue weighted by Crippen LogP contribution is -2.53. The number of fused-ring (bicyclic) bond motifs is 1. The molecule has 0 amide bonds. The number of hydrogen-bond donors (Lipinski definition) is 0. The molecule has 0 radical (unpaired) electrons. The summed E-state index contributed by atoms with van der Waals surface area (Å²) in [5, 5.41) is 0. The van der Waals surface area contributed by atoms with Gasteiger partial charge in [-0.1, -0.05) is 43.7 Å². The summed E-state index contributed by atoms with van der Waals surface area (Å²) in [7, 11) is 0. The van der Waals surface area contributed by atoms with Crippen LogP contribution in [-0.2, 0) is 16.1 Å². The van der Waals surface area contributed by atoms with Crippen LogP contribution < -0.4 is 0 Å². The molecule has 0 N–H and O–H groups in total. The van der Waals surface area contributed by atoms with Crippen molar-refractivity contribution in [3.8, 4) is 0 Å². The van der Waals surface area contributed by atoms with Crippen molar-refractivity contribution < 1.29 is 9.53 Å². The van der Waals surface area contributed by atoms with E-state index in [1.165, 1.54) is 5.56 Å². The molecule has 1 aliphatic carbocycles. The van der Waals surface area contributed by atoms with Crippen molar-refractivity contribution in [3.05, 3.63) is 35.9 Å². The van der Waals surface area contributed by atoms with Gasteiger partial charge in [0.1, 0.15) is 5.54 Å². The van der Waals surface area contributed by atoms with Crippen LogP contribution in [-0.4, -0.2) is 29.6 Å². The minimum Gasteiger partial charge on any atom is -0.464 e. The SMILES string of the molecule is CCCCOC(=O)C12CC(CN1Cc1ccccc1)C2. The van der Waals surface area contributed by atoms with Crippen molar-refractivity contribution in [1.29, 1.82) is 0 Å². The Balaban J connectivity index is 1.65. The van der Waals surface area contributed by atoms with E-state index in [1.807, 2.05) is 6.07 Å². The Morgan fingerprint density at radius 3 is 2.80 bits per heavy atom. The molecule has 2 saturated heterocycles. The van der Waals surface area contributed by atoms with E-state index in [1.54, 1.807) is 0 Å². The second kappa shape index (κ2) is 5.57. The van der Waals surface area contributed by atoms with Gasteiger partial charge in [0.15, 0.2) is 0 Å². The van der Waals surface area contributed by atoms with Gasteiger partial charge < -0.3 is 4.74 Å². The van der Waals surface area contributed by atoms with Crippen LogP contribution in [0.3, 0.4) is 0 Å². The van der Waals surface area contributed by atoms with Crippen LogP contribution in [0.25, 0.3) is 0 Å². The number of nitrogens with zero attached hydrogens (tertiary/aromatic N) is 1. The molecule has 0 unspecified atom stereocenters. The van der Waals surface area contributed by atoms with Gasteiger partial charge in [-0.3, -0.25) is 9.69 Å². The normalized spacial score (nSPS) is 28.1. The average molecular weight is 273 g/mol. The largest absolute Gasteiger partial charge is 0.464 e. The van der Waals surface area contributed by atoms with Crippen molar-refractivity contribution >= 4 is 5.97 Å². The van der Waals surface area contributed by atoms with Gasteiger partial charge in [-0.2, -0.15) is 0 Å². The third-order valence-corrected chi connectivity index (χ3v) is 4.66. The molecule has 1 aromatic carbocycles. The number of unbranched alkanes of at least 4 members (excludes halogenated alkanes) is 1. The van der Waals surface area contributed by atoms with E-state index in [-0.39, 0.29) is 11.5 Å². The fourth-order valence-corrected chi connectivity index (χ4v) is 3.53. The first-order valence-corrected chi connectivity index (χ1v) is 7.71. The molecule has 2 heterocycles. The zero-order valence-corrected chi connectivity index (χ0v) is 12.2. The Bertz CT molecular complexity index is 465. The zero-order valence-electron chi connectivity index (χ0n) is 12.2. The van der Waals surface area contributed by atoms with Crippen LogP contribution >= 0.6 is 0 Å². The van der Waals surface area contributed by atoms with Gasteiger partial charge in [-0.25, -0.2) is 0 Å². The van der Waals surface area contributed by atoms with Crippen LogP contribution in [0.15, 0.2) is 30.3 Å². The molecule has 20 heavy (non-hydrogen) atoms. The lowest BCUT2D eigenvalue weighted by atomic mass is 9.73. The summed E-state index contributed by atoms with van der Waals surface area (Å²) in [6, 6.07) is 10.4. The van der Waals surface area contributed by atoms with Crippen molar-refractivity contribution in [2.75, 3.05) is 13.2 Å². The predicted octanol–water partition coefficient (Wildman–Crippen LogP) is 2.99. The minimum atomic E-state index is -0.311. The Labute approximate surface area is 120 Å². The minimum absolute atomic E-state index is 0.00984. The maximum atomic E-state index is 12.4. The average Bonchev–Trinajstić information content (AvgIpc) is 2.94. The van der Waals surface area contributed by atoms with Gasteiger partial charge in [0, 0.05) is 13.1 Å². The fourth-order valence-electron chi connectivity index (χ4n) is 3.53. The highest BCUT2D eigenvalue weighted by atomic mass is 16.5. The quantitative estimate of drug-likeness (QED) is 0.589. The molecule has 3 heteroatoms. The molecule has 3 aliphatic rings. The molecule has 1 aromatic rings. The lowest BCUT2D eigenvalue weighted by Gasteiger charge is -2.39. The maximum Gasteiger partial charge on any atom is 0.326 e. The van der Waals surface area contributed by atoms with Gasteiger partial charge in [0.25, 0.3) is 0 Å². The van der Waals surface area contributed by atoms with E-state index in [2.05, 4.69) is 36.1 Å². The van der Waals surface area contributed by atoms with Crippen LogP contribution in [0, 0.1) is 5.92 Å². The Kier molecular flexibility index (Phi) is 3.79. The summed E-state index contributed by atoms with van der Waals surface area (Å²) in [6.45, 7) is 4.59. The number of carbonyl (C=O) groups is 1. The fraction of sp³-hybridized carbons (Fsp3) is 0.588. The number of carbonyl (C=O) groups excluding carboxylic acids is 1. The van der Waals surface area contributed by atoms with E-state index >= 15 is 0 Å². The van der Waals surface area contributed by atoms with E-state index in [4.69, 9.17) is 4.74 Å². The molecule has 3 fully saturated rings. The molecule has 3 nitrogen and oxygen atoms in total. The second-order valence-electron chi connectivity index (χ2n) is 6.16. The summed E-state index contributed by atoms with van der Waals surface area (Å²) < 4.78 is 5.49. The summed E-state index contributed by atoms with van der Waals surface area (Å²) in [6.07, 6.45) is 4.01. The third-order valence-electron chi connectivity index (χ3n) is 4.66. The first kappa shape index (κ1) is 13.6. The molecule has 108 valence electrons. The van der Waals surface area contributed by atoms with Gasteiger partial charge in [-0.05, 0) is 30.7 Å². The van der Waals surface area contributed by atoms with Crippen LogP contribution in [0.5, 0.6) is 0 Å². The number of hydrogen-bond acceptors (Lipinski definition) is 3. The van der Waals surface area contributed by atoms with Crippen LogP contribution in [0.2, 0.25) is 0 Å². The number of rotatable bonds is 6. The predicted molar refractivity (Wildman–Crippen MR) is 78.2 cm³/mol. The molecule has 2 bridgehead atoms. The standard InChI is InChI=1S/C17H23NO2/c1-2-3-9-20-16(19)17-10-15(11-17)13-18(17)12-14-7-5-4-6-8-14/h4-8,15H,2-3,9-13H2,1H3. The Morgan fingerprint density at radius 2 is 2.10 bits per heavy atom. The zero-order chi connectivity index (χ0) is 14.0. The Hall–Kier alpha value is -1.35. The van der Waals surface area contributed by atoms with Crippen LogP contribution in [0.4, 0.5) is 0 Å². The van der Waals surface area contributed by atoms with Crippen molar-refractivity contribution in [1.82, 2.24) is 4.90 Å². The highest BCUT2D eigenvalue weighted by molar-refractivity contribution is 5.83. The second-order valence-corrected chi connectivity index (χ2v) is 6.16. The van der Waals surface area contributed by atoms with Crippen molar-refractivity contribution in [2.45, 2.75) is 44.7 Å². The summed E-state index contributed by atoms with van der Waals surface area (Å²) in [4.78, 5) is 14.8. The monoisotopic (exact) mass is 273 g/mol. The van der Waals surface area contributed by atoms with E-state index in [9.17, 15) is 4.79 Å². The lowest BCUT2D eigenvalue weighted by molar-refractivity contribution is -0.160. The smallest absolute Gasteiger partial charge is 0.326 e. The van der Waals surface area contributed by atoms with Crippen molar-refractivity contribution in [2.24, 2.45) is 5.92 Å². The maximum absolute atomic E-state index is 12.4. The molecular formula is C17H23NO2. The van der Waals surface area contributed by atoms with E-state index in [0.717, 1.165) is 38.8 Å². The highest BCUT2D eigenvalue weighted by Crippen LogP contribution is 2.51. The van der Waals surface area contributed by atoms with Gasteiger partial charge in [0.05, 0.1) is 6.61 Å². The Morgan fingerprint density at radius 1 is 1.35 bits per heavy atom. The first-order chi connectivity index (χ1) is 9.74.